The van der Waals surface area contributed by atoms with Gasteiger partial charge < -0.3 is 4.42 Å². The first-order valence-electron chi connectivity index (χ1n) is 7.28. The number of pyridine rings is 1. The van der Waals surface area contributed by atoms with Crippen molar-refractivity contribution in [2.75, 3.05) is 0 Å². The molecule has 114 valence electrons. The van der Waals surface area contributed by atoms with Crippen molar-refractivity contribution in [3.63, 3.8) is 0 Å². The Bertz CT molecular complexity index is 1070. The average molecular weight is 313 g/mol. The van der Waals surface area contributed by atoms with Gasteiger partial charge in [-0.25, -0.2) is 4.98 Å². The summed E-state index contributed by atoms with van der Waals surface area (Å²) in [5.74, 6) is 1.16. The third-order valence-electron chi connectivity index (χ3n) is 3.54. The number of hydrogen-bond acceptors (Lipinski definition) is 5. The standard InChI is InChI=1S/C18H11N5O/c19-12-13-6-1-2-7-14(13)21-22-18-17(15-8-5-11-24-15)20-16-9-3-4-10-23(16)18/h1-11H. The van der Waals surface area contributed by atoms with Gasteiger partial charge in [-0.1, -0.05) is 18.2 Å². The first-order chi connectivity index (χ1) is 11.9. The lowest BCUT2D eigenvalue weighted by Crippen LogP contribution is -1.81. The van der Waals surface area contributed by atoms with Crippen LogP contribution in [-0.2, 0) is 0 Å². The molecule has 0 bridgehead atoms. The molecule has 4 rings (SSSR count). The number of nitriles is 1. The molecule has 0 amide bonds. The van der Waals surface area contributed by atoms with Crippen LogP contribution in [0.3, 0.4) is 0 Å². The maximum absolute atomic E-state index is 9.17. The number of imidazole rings is 1. The van der Waals surface area contributed by atoms with Crippen molar-refractivity contribution in [3.05, 3.63) is 72.6 Å². The summed E-state index contributed by atoms with van der Waals surface area (Å²) in [4.78, 5) is 4.56. The molecule has 0 aliphatic rings. The fourth-order valence-corrected chi connectivity index (χ4v) is 2.41. The van der Waals surface area contributed by atoms with Crippen molar-refractivity contribution >= 4 is 17.2 Å². The van der Waals surface area contributed by atoms with Gasteiger partial charge in [0.15, 0.2) is 17.3 Å². The van der Waals surface area contributed by atoms with Gasteiger partial charge in [-0.15, -0.1) is 10.2 Å². The molecule has 0 spiro atoms. The van der Waals surface area contributed by atoms with Gasteiger partial charge in [0.05, 0.1) is 11.8 Å². The number of fused-ring (bicyclic) bond motifs is 1. The Kier molecular flexibility index (Phi) is 3.37. The summed E-state index contributed by atoms with van der Waals surface area (Å²) >= 11 is 0. The van der Waals surface area contributed by atoms with Crippen molar-refractivity contribution in [2.24, 2.45) is 10.2 Å². The largest absolute Gasteiger partial charge is 0.463 e. The highest BCUT2D eigenvalue weighted by molar-refractivity contribution is 5.71. The number of nitrogens with zero attached hydrogens (tertiary/aromatic N) is 5. The van der Waals surface area contributed by atoms with E-state index in [1.165, 1.54) is 0 Å². The van der Waals surface area contributed by atoms with Gasteiger partial charge in [-0.2, -0.15) is 5.26 Å². The van der Waals surface area contributed by atoms with Crippen LogP contribution in [0.2, 0.25) is 0 Å². The zero-order valence-corrected chi connectivity index (χ0v) is 12.5. The van der Waals surface area contributed by atoms with Gasteiger partial charge in [0.25, 0.3) is 0 Å². The maximum atomic E-state index is 9.17. The lowest BCUT2D eigenvalue weighted by molar-refractivity contribution is 0.580. The highest BCUT2D eigenvalue weighted by Gasteiger charge is 2.15. The fourth-order valence-electron chi connectivity index (χ4n) is 2.41. The van der Waals surface area contributed by atoms with Gasteiger partial charge in [0.2, 0.25) is 0 Å². The molecule has 3 heterocycles. The zero-order valence-electron chi connectivity index (χ0n) is 12.5. The SMILES string of the molecule is N#Cc1ccccc1N=Nc1c(-c2ccco2)nc2ccccn12. The van der Waals surface area contributed by atoms with Crippen LogP contribution < -0.4 is 0 Å². The predicted octanol–water partition coefficient (Wildman–Crippen LogP) is 4.88. The van der Waals surface area contributed by atoms with E-state index in [4.69, 9.17) is 9.68 Å². The van der Waals surface area contributed by atoms with Crippen molar-refractivity contribution < 1.29 is 4.42 Å². The van der Waals surface area contributed by atoms with Crippen molar-refractivity contribution in [1.29, 1.82) is 5.26 Å². The van der Waals surface area contributed by atoms with Gasteiger partial charge in [-0.05, 0) is 36.4 Å². The molecule has 0 radical (unpaired) electrons. The summed E-state index contributed by atoms with van der Waals surface area (Å²) in [6.07, 6.45) is 3.45. The van der Waals surface area contributed by atoms with Crippen LogP contribution in [0.5, 0.6) is 0 Å². The minimum absolute atomic E-state index is 0.467. The summed E-state index contributed by atoms with van der Waals surface area (Å²) in [5, 5.41) is 17.8. The monoisotopic (exact) mass is 313 g/mol. The molecular weight excluding hydrogens is 302 g/mol. The Hall–Kier alpha value is -3.72. The van der Waals surface area contributed by atoms with Gasteiger partial charge in [0.1, 0.15) is 17.4 Å². The van der Waals surface area contributed by atoms with E-state index in [0.29, 0.717) is 28.5 Å². The minimum atomic E-state index is 0.467. The third kappa shape index (κ3) is 2.34. The Morgan fingerprint density at radius 1 is 1.00 bits per heavy atom. The fraction of sp³-hybridized carbons (Fsp3) is 0. The van der Waals surface area contributed by atoms with Gasteiger partial charge in [-0.3, -0.25) is 4.40 Å². The molecule has 3 aromatic heterocycles. The Morgan fingerprint density at radius 3 is 2.71 bits per heavy atom. The first-order valence-corrected chi connectivity index (χ1v) is 7.28. The van der Waals surface area contributed by atoms with Crippen LogP contribution in [-0.4, -0.2) is 9.38 Å². The molecule has 24 heavy (non-hydrogen) atoms. The zero-order chi connectivity index (χ0) is 16.4. The van der Waals surface area contributed by atoms with E-state index in [1.807, 2.05) is 40.9 Å². The second kappa shape index (κ2) is 5.82. The van der Waals surface area contributed by atoms with Crippen LogP contribution in [0.15, 0.2) is 81.7 Å². The second-order valence-corrected chi connectivity index (χ2v) is 5.02. The number of hydrogen-bond donors (Lipinski definition) is 0. The summed E-state index contributed by atoms with van der Waals surface area (Å²) < 4.78 is 7.29. The lowest BCUT2D eigenvalue weighted by atomic mass is 10.2. The Balaban J connectivity index is 1.88. The number of furan rings is 1. The molecule has 6 nitrogen and oxygen atoms in total. The molecule has 0 saturated carbocycles. The number of rotatable bonds is 3. The van der Waals surface area contributed by atoms with E-state index < -0.39 is 0 Å². The van der Waals surface area contributed by atoms with E-state index in [-0.39, 0.29) is 0 Å². The molecule has 4 aromatic rings. The number of aromatic nitrogens is 2. The number of benzene rings is 1. The van der Waals surface area contributed by atoms with Crippen molar-refractivity contribution in [1.82, 2.24) is 9.38 Å². The quantitative estimate of drug-likeness (QED) is 0.505. The predicted molar refractivity (Wildman–Crippen MR) is 88.2 cm³/mol. The van der Waals surface area contributed by atoms with E-state index >= 15 is 0 Å². The average Bonchev–Trinajstić information content (AvgIpc) is 3.27. The number of azo groups is 1. The third-order valence-corrected chi connectivity index (χ3v) is 3.54. The van der Waals surface area contributed by atoms with Crippen molar-refractivity contribution in [2.45, 2.75) is 0 Å². The summed E-state index contributed by atoms with van der Waals surface area (Å²) in [6.45, 7) is 0. The molecule has 0 aliphatic carbocycles. The van der Waals surface area contributed by atoms with Crippen LogP contribution in [0.1, 0.15) is 5.56 Å². The molecule has 1 aromatic carbocycles. The van der Waals surface area contributed by atoms with Crippen molar-refractivity contribution in [3.8, 4) is 17.5 Å². The van der Waals surface area contributed by atoms with E-state index in [2.05, 4.69) is 21.3 Å². The van der Waals surface area contributed by atoms with E-state index in [1.54, 1.807) is 30.5 Å². The summed E-state index contributed by atoms with van der Waals surface area (Å²) in [6, 6.07) is 18.5. The molecule has 0 aliphatic heterocycles. The highest BCUT2D eigenvalue weighted by atomic mass is 16.3. The molecular formula is C18H11N5O. The van der Waals surface area contributed by atoms with Crippen LogP contribution >= 0.6 is 0 Å². The minimum Gasteiger partial charge on any atom is -0.463 e. The smallest absolute Gasteiger partial charge is 0.190 e. The Morgan fingerprint density at radius 2 is 1.88 bits per heavy atom. The summed E-state index contributed by atoms with van der Waals surface area (Å²) in [5.41, 5.74) is 2.32. The van der Waals surface area contributed by atoms with Crippen LogP contribution in [0.4, 0.5) is 11.5 Å². The lowest BCUT2D eigenvalue weighted by Gasteiger charge is -1.98. The maximum Gasteiger partial charge on any atom is 0.190 e. The van der Waals surface area contributed by atoms with E-state index in [9.17, 15) is 0 Å². The molecule has 0 N–H and O–H groups in total. The Labute approximate surface area is 137 Å². The molecule has 6 heteroatoms. The first kappa shape index (κ1) is 13.9. The van der Waals surface area contributed by atoms with Gasteiger partial charge in [0, 0.05) is 6.20 Å². The van der Waals surface area contributed by atoms with E-state index in [0.717, 1.165) is 5.65 Å². The van der Waals surface area contributed by atoms with Crippen LogP contribution in [0.25, 0.3) is 17.1 Å². The molecule has 0 unspecified atom stereocenters. The molecule has 0 atom stereocenters. The van der Waals surface area contributed by atoms with Crippen LogP contribution in [0, 0.1) is 11.3 Å². The molecule has 0 saturated heterocycles. The molecule has 0 fully saturated rings. The summed E-state index contributed by atoms with van der Waals surface area (Å²) in [7, 11) is 0. The normalized spacial score (nSPS) is 11.1. The topological polar surface area (TPSA) is 78.9 Å². The van der Waals surface area contributed by atoms with Gasteiger partial charge >= 0.3 is 0 Å². The second-order valence-electron chi connectivity index (χ2n) is 5.02. The highest BCUT2D eigenvalue weighted by Crippen LogP contribution is 2.32.